The van der Waals surface area contributed by atoms with Crippen molar-refractivity contribution in [3.8, 4) is 5.75 Å². The van der Waals surface area contributed by atoms with Crippen molar-refractivity contribution >= 4 is 15.5 Å². The average molecular weight is 316 g/mol. The third-order valence-electron chi connectivity index (χ3n) is 2.65. The molecule has 0 bridgehead atoms. The van der Waals surface area contributed by atoms with Crippen LogP contribution in [-0.2, 0) is 16.4 Å². The lowest BCUT2D eigenvalue weighted by Gasteiger charge is -2.10. The van der Waals surface area contributed by atoms with Gasteiger partial charge in [-0.1, -0.05) is 19.9 Å². The Labute approximate surface area is 124 Å². The first-order valence-corrected chi connectivity index (χ1v) is 8.56. The number of sulfone groups is 1. The third-order valence-corrected chi connectivity index (χ3v) is 3.55. The molecule has 0 aliphatic rings. The highest BCUT2D eigenvalue weighted by molar-refractivity contribution is 7.90. The predicted molar refractivity (Wildman–Crippen MR) is 80.3 cm³/mol. The summed E-state index contributed by atoms with van der Waals surface area (Å²) >= 11 is 0. The van der Waals surface area contributed by atoms with Crippen LogP contribution in [0.15, 0.2) is 18.2 Å². The fourth-order valence-electron chi connectivity index (χ4n) is 1.56. The van der Waals surface area contributed by atoms with E-state index in [1.807, 2.05) is 13.8 Å². The molecule has 0 spiro atoms. The van der Waals surface area contributed by atoms with Crippen molar-refractivity contribution in [1.82, 2.24) is 5.32 Å². The minimum Gasteiger partial charge on any atom is -0.486 e. The van der Waals surface area contributed by atoms with Gasteiger partial charge in [0.1, 0.15) is 6.61 Å². The summed E-state index contributed by atoms with van der Waals surface area (Å²) in [6, 6.07) is 4.93. The maximum Gasteiger partial charge on any atom is 0.311 e. The number of hydrogen-bond donors (Lipinski definition) is 1. The van der Waals surface area contributed by atoms with Crippen LogP contribution in [0.3, 0.4) is 0 Å². The summed E-state index contributed by atoms with van der Waals surface area (Å²) in [5.74, 6) is -0.0992. The highest BCUT2D eigenvalue weighted by Gasteiger charge is 2.16. The zero-order valence-electron chi connectivity index (χ0n) is 12.3. The number of rotatable bonds is 8. The van der Waals surface area contributed by atoms with E-state index in [-0.39, 0.29) is 29.8 Å². The summed E-state index contributed by atoms with van der Waals surface area (Å²) < 4.78 is 27.3. The van der Waals surface area contributed by atoms with Crippen LogP contribution in [0.4, 0.5) is 5.69 Å². The number of nitrogens with zero attached hydrogens (tertiary/aromatic N) is 1. The smallest absolute Gasteiger partial charge is 0.311 e. The van der Waals surface area contributed by atoms with Gasteiger partial charge in [0, 0.05) is 24.9 Å². The van der Waals surface area contributed by atoms with E-state index in [0.717, 1.165) is 11.8 Å². The summed E-state index contributed by atoms with van der Waals surface area (Å²) in [5.41, 5.74) is 0.609. The van der Waals surface area contributed by atoms with E-state index < -0.39 is 14.8 Å². The first-order chi connectivity index (χ1) is 9.69. The molecule has 0 fully saturated rings. The Morgan fingerprint density at radius 1 is 1.38 bits per heavy atom. The molecule has 0 unspecified atom stereocenters. The molecule has 1 N–H and O–H groups in total. The topological polar surface area (TPSA) is 98.5 Å². The number of ether oxygens (including phenoxy) is 1. The molecule has 8 heteroatoms. The normalized spacial score (nSPS) is 11.6. The fraction of sp³-hybridized carbons (Fsp3) is 0.538. The van der Waals surface area contributed by atoms with Crippen molar-refractivity contribution in [2.75, 3.05) is 18.6 Å². The third kappa shape index (κ3) is 6.54. The Balaban J connectivity index is 2.82. The van der Waals surface area contributed by atoms with E-state index in [2.05, 4.69) is 5.32 Å². The molecule has 0 radical (unpaired) electrons. The molecule has 7 nitrogen and oxygen atoms in total. The molecule has 118 valence electrons. The lowest BCUT2D eigenvalue weighted by Crippen LogP contribution is -2.21. The lowest BCUT2D eigenvalue weighted by molar-refractivity contribution is -0.385. The molecular weight excluding hydrogens is 296 g/mol. The van der Waals surface area contributed by atoms with Gasteiger partial charge in [-0.25, -0.2) is 8.42 Å². The van der Waals surface area contributed by atoms with Crippen LogP contribution < -0.4 is 10.1 Å². The summed E-state index contributed by atoms with van der Waals surface area (Å²) in [5, 5.41) is 14.2. The lowest BCUT2D eigenvalue weighted by atomic mass is 10.2. The summed E-state index contributed by atoms with van der Waals surface area (Å²) in [4.78, 5) is 10.5. The molecule has 0 saturated carbocycles. The number of nitro groups is 1. The van der Waals surface area contributed by atoms with Crippen molar-refractivity contribution in [2.24, 2.45) is 0 Å². The van der Waals surface area contributed by atoms with Gasteiger partial charge in [-0.2, -0.15) is 0 Å². The molecule has 21 heavy (non-hydrogen) atoms. The number of hydrogen-bond acceptors (Lipinski definition) is 6. The molecule has 0 aromatic heterocycles. The van der Waals surface area contributed by atoms with Crippen molar-refractivity contribution in [3.63, 3.8) is 0 Å². The molecule has 0 amide bonds. The summed E-state index contributed by atoms with van der Waals surface area (Å²) in [6.45, 7) is 4.37. The Morgan fingerprint density at radius 2 is 2.05 bits per heavy atom. The number of benzene rings is 1. The zero-order chi connectivity index (χ0) is 16.0. The van der Waals surface area contributed by atoms with Gasteiger partial charge >= 0.3 is 5.69 Å². The zero-order valence-corrected chi connectivity index (χ0v) is 13.1. The Kier molecular flexibility index (Phi) is 6.10. The minimum atomic E-state index is -3.16. The maximum absolute atomic E-state index is 11.1. The van der Waals surface area contributed by atoms with E-state index in [1.165, 1.54) is 12.1 Å². The van der Waals surface area contributed by atoms with Crippen LogP contribution in [0.25, 0.3) is 0 Å². The van der Waals surface area contributed by atoms with Crippen molar-refractivity contribution in [3.05, 3.63) is 33.9 Å². The van der Waals surface area contributed by atoms with Crippen molar-refractivity contribution in [1.29, 1.82) is 0 Å². The van der Waals surface area contributed by atoms with Gasteiger partial charge in [0.25, 0.3) is 0 Å². The number of nitrogens with one attached hydrogen (secondary N) is 1. The second kappa shape index (κ2) is 7.37. The van der Waals surface area contributed by atoms with E-state index >= 15 is 0 Å². The molecule has 0 heterocycles. The highest BCUT2D eigenvalue weighted by Crippen LogP contribution is 2.28. The van der Waals surface area contributed by atoms with Crippen LogP contribution in [0.1, 0.15) is 19.4 Å². The van der Waals surface area contributed by atoms with Gasteiger partial charge in [0.15, 0.2) is 15.6 Å². The van der Waals surface area contributed by atoms with E-state index in [4.69, 9.17) is 4.74 Å². The standard InChI is InChI=1S/C13H20N2O5S/c1-10(2)14-9-11-4-5-13(12(8-11)15(16)17)20-6-7-21(3,18)19/h4-5,8,10,14H,6-7,9H2,1-3H3. The van der Waals surface area contributed by atoms with Gasteiger partial charge < -0.3 is 10.1 Å². The van der Waals surface area contributed by atoms with E-state index in [1.54, 1.807) is 6.07 Å². The van der Waals surface area contributed by atoms with Crippen LogP contribution in [0.5, 0.6) is 5.75 Å². The molecular formula is C13H20N2O5S. The highest BCUT2D eigenvalue weighted by atomic mass is 32.2. The van der Waals surface area contributed by atoms with Crippen LogP contribution in [0.2, 0.25) is 0 Å². The average Bonchev–Trinajstić information content (AvgIpc) is 2.35. The van der Waals surface area contributed by atoms with E-state index in [0.29, 0.717) is 6.54 Å². The van der Waals surface area contributed by atoms with Crippen LogP contribution in [0, 0.1) is 10.1 Å². The molecule has 0 aliphatic carbocycles. The largest absolute Gasteiger partial charge is 0.486 e. The molecule has 1 rings (SSSR count). The minimum absolute atomic E-state index is 0.0805. The second-order valence-corrected chi connectivity index (χ2v) is 7.33. The van der Waals surface area contributed by atoms with Crippen LogP contribution in [-0.4, -0.2) is 38.0 Å². The Hall–Kier alpha value is -1.67. The summed E-state index contributed by atoms with van der Waals surface area (Å²) in [7, 11) is -3.16. The van der Waals surface area contributed by atoms with Gasteiger partial charge in [-0.3, -0.25) is 10.1 Å². The van der Waals surface area contributed by atoms with E-state index in [9.17, 15) is 18.5 Å². The van der Waals surface area contributed by atoms with Crippen molar-refractivity contribution < 1.29 is 18.1 Å². The van der Waals surface area contributed by atoms with Crippen LogP contribution >= 0.6 is 0 Å². The molecule has 0 saturated heterocycles. The monoisotopic (exact) mass is 316 g/mol. The van der Waals surface area contributed by atoms with Gasteiger partial charge in [0.05, 0.1) is 10.7 Å². The van der Waals surface area contributed by atoms with Crippen molar-refractivity contribution in [2.45, 2.75) is 26.4 Å². The Morgan fingerprint density at radius 3 is 2.57 bits per heavy atom. The first kappa shape index (κ1) is 17.4. The van der Waals surface area contributed by atoms with Gasteiger partial charge in [-0.15, -0.1) is 0 Å². The predicted octanol–water partition coefficient (Wildman–Crippen LogP) is 1.52. The second-order valence-electron chi connectivity index (χ2n) is 5.07. The quantitative estimate of drug-likeness (QED) is 0.576. The Bertz CT molecular complexity index is 599. The number of nitro benzene ring substituents is 1. The summed E-state index contributed by atoms with van der Waals surface area (Å²) in [6.07, 6.45) is 1.09. The molecule has 1 aromatic carbocycles. The molecule has 0 aliphatic heterocycles. The first-order valence-electron chi connectivity index (χ1n) is 6.50. The van der Waals surface area contributed by atoms with Gasteiger partial charge in [-0.05, 0) is 11.6 Å². The SMILES string of the molecule is CC(C)NCc1ccc(OCCS(C)(=O)=O)c([N+](=O)[O-])c1. The molecule has 1 aromatic rings. The molecule has 0 atom stereocenters. The van der Waals surface area contributed by atoms with Gasteiger partial charge in [0.2, 0.25) is 0 Å². The maximum atomic E-state index is 11.1. The fourth-order valence-corrected chi connectivity index (χ4v) is 1.95.